The number of carbonyl (C=O) groups excluding carboxylic acids is 1. The van der Waals surface area contributed by atoms with Gasteiger partial charge in [-0.1, -0.05) is 6.07 Å². The molecule has 0 radical (unpaired) electrons. The quantitative estimate of drug-likeness (QED) is 0.797. The van der Waals surface area contributed by atoms with Crippen molar-refractivity contribution in [3.63, 3.8) is 0 Å². The lowest BCUT2D eigenvalue weighted by Gasteiger charge is -2.05. The van der Waals surface area contributed by atoms with E-state index >= 15 is 0 Å². The summed E-state index contributed by atoms with van der Waals surface area (Å²) in [5, 5.41) is 2.87. The number of imidazole rings is 1. The lowest BCUT2D eigenvalue weighted by molar-refractivity contribution is -0.120. The van der Waals surface area contributed by atoms with Crippen LogP contribution >= 0.6 is 0 Å². The molecule has 0 aliphatic carbocycles. The van der Waals surface area contributed by atoms with Crippen molar-refractivity contribution >= 4 is 16.9 Å². The predicted octanol–water partition coefficient (Wildman–Crippen LogP) is 1.27. The van der Waals surface area contributed by atoms with Crippen molar-refractivity contribution in [2.45, 2.75) is 12.8 Å². The Hall–Kier alpha value is -1.88. The van der Waals surface area contributed by atoms with Gasteiger partial charge in [0.2, 0.25) is 5.91 Å². The molecule has 0 bridgehead atoms. The van der Waals surface area contributed by atoms with Gasteiger partial charge in [-0.2, -0.15) is 0 Å². The fourth-order valence-corrected chi connectivity index (χ4v) is 1.98. The van der Waals surface area contributed by atoms with E-state index in [1.54, 1.807) is 13.4 Å². The molecule has 1 heterocycles. The van der Waals surface area contributed by atoms with Crippen molar-refractivity contribution in [1.29, 1.82) is 0 Å². The zero-order valence-corrected chi connectivity index (χ0v) is 11.3. The molecule has 5 nitrogen and oxygen atoms in total. The third-order valence-corrected chi connectivity index (χ3v) is 3.00. The van der Waals surface area contributed by atoms with Crippen molar-refractivity contribution in [2.75, 3.05) is 20.3 Å². The number of carbonyl (C=O) groups is 1. The van der Waals surface area contributed by atoms with E-state index in [2.05, 4.69) is 10.3 Å². The Bertz CT molecular complexity index is 563. The highest BCUT2D eigenvalue weighted by Crippen LogP contribution is 2.14. The Balaban J connectivity index is 1.91. The van der Waals surface area contributed by atoms with Crippen molar-refractivity contribution in [3.05, 3.63) is 30.1 Å². The second-order valence-corrected chi connectivity index (χ2v) is 4.55. The molecule has 0 saturated heterocycles. The maximum absolute atomic E-state index is 11.7. The number of aromatic nitrogens is 2. The first-order valence-corrected chi connectivity index (χ1v) is 6.36. The molecule has 1 amide bonds. The Morgan fingerprint density at radius 3 is 3.11 bits per heavy atom. The van der Waals surface area contributed by atoms with Crippen LogP contribution in [0, 0.1) is 0 Å². The van der Waals surface area contributed by atoms with E-state index in [0.29, 0.717) is 19.6 Å². The molecule has 0 atom stereocenters. The van der Waals surface area contributed by atoms with E-state index < -0.39 is 0 Å². The number of ether oxygens (including phenoxy) is 1. The standard InChI is InChI=1S/C14H19N3O2/c1-17-10-16-12-8-11(4-5-13(12)17)9-14(18)15-6-3-7-19-2/h4-5,8,10H,3,6-7,9H2,1-2H3,(H,15,18). The summed E-state index contributed by atoms with van der Waals surface area (Å²) >= 11 is 0. The number of aryl methyl sites for hydroxylation is 1. The molecule has 0 aliphatic heterocycles. The van der Waals surface area contributed by atoms with Gasteiger partial charge in [-0.25, -0.2) is 4.98 Å². The Kier molecular flexibility index (Phi) is 4.52. The summed E-state index contributed by atoms with van der Waals surface area (Å²) < 4.78 is 6.89. The highest BCUT2D eigenvalue weighted by Gasteiger charge is 2.05. The van der Waals surface area contributed by atoms with Gasteiger partial charge in [-0.15, -0.1) is 0 Å². The minimum atomic E-state index is 0.0337. The average Bonchev–Trinajstić information content (AvgIpc) is 2.76. The second-order valence-electron chi connectivity index (χ2n) is 4.55. The van der Waals surface area contributed by atoms with Gasteiger partial charge < -0.3 is 14.6 Å². The molecule has 0 fully saturated rings. The molecule has 0 saturated carbocycles. The smallest absolute Gasteiger partial charge is 0.224 e. The summed E-state index contributed by atoms with van der Waals surface area (Å²) in [6.07, 6.45) is 3.00. The number of hydrogen-bond donors (Lipinski definition) is 1. The first kappa shape index (κ1) is 13.5. The topological polar surface area (TPSA) is 56.1 Å². The SMILES string of the molecule is COCCCNC(=O)Cc1ccc2c(c1)ncn2C. The van der Waals surface area contributed by atoms with E-state index in [-0.39, 0.29) is 5.91 Å². The van der Waals surface area contributed by atoms with Gasteiger partial charge in [0.15, 0.2) is 0 Å². The van der Waals surface area contributed by atoms with Crippen LogP contribution < -0.4 is 5.32 Å². The van der Waals surface area contributed by atoms with Gasteiger partial charge in [0, 0.05) is 27.3 Å². The highest BCUT2D eigenvalue weighted by molar-refractivity contribution is 5.81. The fourth-order valence-electron chi connectivity index (χ4n) is 1.98. The third kappa shape index (κ3) is 3.54. The molecule has 1 aromatic heterocycles. The molecule has 2 aromatic rings. The summed E-state index contributed by atoms with van der Waals surface area (Å²) in [6, 6.07) is 5.93. The molecule has 5 heteroatoms. The summed E-state index contributed by atoms with van der Waals surface area (Å²) in [7, 11) is 3.61. The summed E-state index contributed by atoms with van der Waals surface area (Å²) in [5.41, 5.74) is 2.98. The molecule has 1 N–H and O–H groups in total. The fraction of sp³-hybridized carbons (Fsp3) is 0.429. The van der Waals surface area contributed by atoms with Crippen LogP contribution in [0.1, 0.15) is 12.0 Å². The molecule has 1 aromatic carbocycles. The van der Waals surface area contributed by atoms with Gasteiger partial charge in [-0.05, 0) is 24.1 Å². The van der Waals surface area contributed by atoms with Crippen LogP contribution in [0.3, 0.4) is 0 Å². The Morgan fingerprint density at radius 1 is 1.47 bits per heavy atom. The normalized spacial score (nSPS) is 10.8. The molecular formula is C14H19N3O2. The average molecular weight is 261 g/mol. The largest absolute Gasteiger partial charge is 0.385 e. The van der Waals surface area contributed by atoms with Crippen LogP contribution in [0.4, 0.5) is 0 Å². The molecule has 2 rings (SSSR count). The second kappa shape index (κ2) is 6.33. The van der Waals surface area contributed by atoms with Gasteiger partial charge >= 0.3 is 0 Å². The third-order valence-electron chi connectivity index (χ3n) is 3.00. The van der Waals surface area contributed by atoms with E-state index in [4.69, 9.17) is 4.74 Å². The van der Waals surface area contributed by atoms with Crippen molar-refractivity contribution in [3.8, 4) is 0 Å². The Labute approximate surface area is 112 Å². The summed E-state index contributed by atoms with van der Waals surface area (Å²) in [5.74, 6) is 0.0337. The van der Waals surface area contributed by atoms with Crippen LogP contribution in [-0.2, 0) is 23.0 Å². The van der Waals surface area contributed by atoms with Crippen molar-refractivity contribution in [2.24, 2.45) is 7.05 Å². The number of hydrogen-bond acceptors (Lipinski definition) is 3. The number of benzene rings is 1. The Morgan fingerprint density at radius 2 is 2.32 bits per heavy atom. The van der Waals surface area contributed by atoms with Gasteiger partial charge in [0.25, 0.3) is 0 Å². The summed E-state index contributed by atoms with van der Waals surface area (Å²) in [4.78, 5) is 16.0. The number of amides is 1. The molecular weight excluding hydrogens is 242 g/mol. The minimum absolute atomic E-state index is 0.0337. The van der Waals surface area contributed by atoms with Crippen LogP contribution in [0.5, 0.6) is 0 Å². The first-order chi connectivity index (χ1) is 9.20. The van der Waals surface area contributed by atoms with Crippen LogP contribution in [0.25, 0.3) is 11.0 Å². The number of rotatable bonds is 6. The van der Waals surface area contributed by atoms with E-state index in [0.717, 1.165) is 23.0 Å². The van der Waals surface area contributed by atoms with Crippen LogP contribution in [-0.4, -0.2) is 35.7 Å². The lowest BCUT2D eigenvalue weighted by atomic mass is 10.1. The zero-order valence-electron chi connectivity index (χ0n) is 11.3. The first-order valence-electron chi connectivity index (χ1n) is 6.36. The zero-order chi connectivity index (χ0) is 13.7. The molecule has 102 valence electrons. The molecule has 0 spiro atoms. The van der Waals surface area contributed by atoms with E-state index in [1.165, 1.54) is 0 Å². The van der Waals surface area contributed by atoms with Crippen molar-refractivity contribution in [1.82, 2.24) is 14.9 Å². The van der Waals surface area contributed by atoms with Crippen molar-refractivity contribution < 1.29 is 9.53 Å². The maximum atomic E-state index is 11.7. The number of nitrogens with zero attached hydrogens (tertiary/aromatic N) is 2. The number of methoxy groups -OCH3 is 1. The van der Waals surface area contributed by atoms with Crippen LogP contribution in [0.15, 0.2) is 24.5 Å². The summed E-state index contributed by atoms with van der Waals surface area (Å²) in [6.45, 7) is 1.32. The monoisotopic (exact) mass is 261 g/mol. The lowest BCUT2D eigenvalue weighted by Crippen LogP contribution is -2.26. The van der Waals surface area contributed by atoms with E-state index in [9.17, 15) is 4.79 Å². The van der Waals surface area contributed by atoms with Crippen LogP contribution in [0.2, 0.25) is 0 Å². The van der Waals surface area contributed by atoms with Gasteiger partial charge in [-0.3, -0.25) is 4.79 Å². The minimum Gasteiger partial charge on any atom is -0.385 e. The molecule has 0 aliphatic rings. The maximum Gasteiger partial charge on any atom is 0.224 e. The predicted molar refractivity (Wildman–Crippen MR) is 73.9 cm³/mol. The number of fused-ring (bicyclic) bond motifs is 1. The van der Waals surface area contributed by atoms with E-state index in [1.807, 2.05) is 29.8 Å². The molecule has 19 heavy (non-hydrogen) atoms. The number of nitrogens with one attached hydrogen (secondary N) is 1. The van der Waals surface area contributed by atoms with Gasteiger partial charge in [0.05, 0.1) is 23.8 Å². The van der Waals surface area contributed by atoms with Gasteiger partial charge in [0.1, 0.15) is 0 Å². The highest BCUT2D eigenvalue weighted by atomic mass is 16.5. The molecule has 0 unspecified atom stereocenters.